The summed E-state index contributed by atoms with van der Waals surface area (Å²) in [5, 5.41) is 3.21. The fourth-order valence-corrected chi connectivity index (χ4v) is 5.10. The van der Waals surface area contributed by atoms with Crippen molar-refractivity contribution in [2.45, 2.75) is 45.1 Å². The lowest BCUT2D eigenvalue weighted by Crippen LogP contribution is -2.47. The molecule has 1 aliphatic carbocycles. The van der Waals surface area contributed by atoms with Gasteiger partial charge in [0.1, 0.15) is 11.8 Å². The van der Waals surface area contributed by atoms with Crippen LogP contribution in [0.15, 0.2) is 18.2 Å². The summed E-state index contributed by atoms with van der Waals surface area (Å²) in [5.74, 6) is 0.117. The van der Waals surface area contributed by atoms with E-state index in [1.54, 1.807) is 0 Å². The Morgan fingerprint density at radius 1 is 1.19 bits per heavy atom. The molecule has 2 fully saturated rings. The minimum Gasteiger partial charge on any atom is -0.341 e. The van der Waals surface area contributed by atoms with Crippen molar-refractivity contribution in [2.75, 3.05) is 19.6 Å². The van der Waals surface area contributed by atoms with Gasteiger partial charge in [0.25, 0.3) is 0 Å². The average Bonchev–Trinajstić information content (AvgIpc) is 3.32. The maximum atomic E-state index is 13.1. The van der Waals surface area contributed by atoms with Gasteiger partial charge in [-0.15, -0.1) is 0 Å². The lowest BCUT2D eigenvalue weighted by molar-refractivity contribution is -0.135. The first-order valence-electron chi connectivity index (χ1n) is 9.69. The molecule has 26 heavy (non-hydrogen) atoms. The molecule has 2 saturated heterocycles. The molecule has 1 N–H and O–H groups in total. The zero-order chi connectivity index (χ0) is 18.3. The van der Waals surface area contributed by atoms with Crippen molar-refractivity contribution >= 4 is 28.8 Å². The highest BCUT2D eigenvalue weighted by molar-refractivity contribution is 7.80. The van der Waals surface area contributed by atoms with E-state index < -0.39 is 12.0 Å². The van der Waals surface area contributed by atoms with Gasteiger partial charge in [-0.05, 0) is 49.7 Å². The van der Waals surface area contributed by atoms with Gasteiger partial charge in [-0.3, -0.25) is 9.59 Å². The number of ketones is 1. The van der Waals surface area contributed by atoms with Gasteiger partial charge < -0.3 is 10.2 Å². The minimum absolute atomic E-state index is 0.0611. The Hall–Kier alpha value is -1.59. The normalized spacial score (nSPS) is 27.8. The second kappa shape index (κ2) is 7.20. The van der Waals surface area contributed by atoms with E-state index in [0.29, 0.717) is 23.7 Å². The predicted molar refractivity (Wildman–Crippen MR) is 105 cm³/mol. The first-order chi connectivity index (χ1) is 12.5. The average molecular weight is 371 g/mol. The van der Waals surface area contributed by atoms with Crippen LogP contribution in [0, 0.1) is 18.8 Å². The van der Waals surface area contributed by atoms with Crippen molar-refractivity contribution in [2.24, 2.45) is 11.8 Å². The number of carbonyl (C=O) groups excluding carboxylic acids is 2. The van der Waals surface area contributed by atoms with Gasteiger partial charge in [0.05, 0.1) is 5.92 Å². The Morgan fingerprint density at radius 3 is 2.69 bits per heavy atom. The summed E-state index contributed by atoms with van der Waals surface area (Å²) in [6.07, 6.45) is 4.55. The molecule has 138 valence electrons. The Bertz CT molecular complexity index is 754. The first kappa shape index (κ1) is 17.8. The summed E-state index contributed by atoms with van der Waals surface area (Å²) in [6, 6.07) is 6.13. The predicted octanol–water partition coefficient (Wildman–Crippen LogP) is 2.25. The van der Waals surface area contributed by atoms with Crippen LogP contribution in [0.4, 0.5) is 0 Å². The van der Waals surface area contributed by atoms with Crippen LogP contribution < -0.4 is 5.32 Å². The number of fused-ring (bicyclic) bond motifs is 1. The van der Waals surface area contributed by atoms with E-state index in [1.165, 1.54) is 16.7 Å². The van der Waals surface area contributed by atoms with Crippen LogP contribution in [-0.4, -0.2) is 47.1 Å². The molecular formula is C21H26N2O2S. The summed E-state index contributed by atoms with van der Waals surface area (Å²) in [4.78, 5) is 28.5. The molecule has 2 unspecified atom stereocenters. The topological polar surface area (TPSA) is 49.4 Å². The second-order valence-electron chi connectivity index (χ2n) is 8.05. The molecule has 0 bridgehead atoms. The van der Waals surface area contributed by atoms with E-state index >= 15 is 0 Å². The fourth-order valence-electron chi connectivity index (χ4n) is 4.75. The quantitative estimate of drug-likeness (QED) is 0.826. The molecule has 0 spiro atoms. The highest BCUT2D eigenvalue weighted by atomic mass is 32.1. The molecule has 2 aliphatic heterocycles. The number of benzene rings is 1. The number of hydrogen-bond donors (Lipinski definition) is 1. The number of likely N-dealkylation sites (tertiary alicyclic amines) is 1. The summed E-state index contributed by atoms with van der Waals surface area (Å²) in [6.45, 7) is 4.22. The second-order valence-corrected chi connectivity index (χ2v) is 8.58. The summed E-state index contributed by atoms with van der Waals surface area (Å²) < 4.78 is 0. The molecule has 3 atom stereocenters. The van der Waals surface area contributed by atoms with E-state index in [0.717, 1.165) is 38.8 Å². The summed E-state index contributed by atoms with van der Waals surface area (Å²) in [5.41, 5.74) is 4.01. The van der Waals surface area contributed by atoms with Gasteiger partial charge in [-0.1, -0.05) is 36.0 Å². The molecule has 0 radical (unpaired) electrons. The van der Waals surface area contributed by atoms with Crippen molar-refractivity contribution in [1.29, 1.82) is 0 Å². The number of rotatable bonds is 4. The lowest BCUT2D eigenvalue weighted by Gasteiger charge is -2.24. The van der Waals surface area contributed by atoms with E-state index in [1.807, 2.05) is 4.90 Å². The Balaban J connectivity index is 1.43. The van der Waals surface area contributed by atoms with Gasteiger partial charge in [0.2, 0.25) is 5.91 Å². The molecule has 4 nitrogen and oxygen atoms in total. The number of amides is 1. The molecule has 3 aliphatic rings. The van der Waals surface area contributed by atoms with Crippen LogP contribution in [0.25, 0.3) is 0 Å². The molecule has 1 amide bonds. The van der Waals surface area contributed by atoms with Crippen molar-refractivity contribution in [1.82, 2.24) is 10.2 Å². The van der Waals surface area contributed by atoms with E-state index in [-0.39, 0.29) is 11.7 Å². The zero-order valence-electron chi connectivity index (χ0n) is 15.3. The Morgan fingerprint density at radius 2 is 1.92 bits per heavy atom. The molecule has 0 aromatic heterocycles. The minimum atomic E-state index is -0.445. The fraction of sp³-hybridized carbons (Fsp3) is 0.571. The molecule has 1 aromatic carbocycles. The van der Waals surface area contributed by atoms with Crippen LogP contribution in [0.3, 0.4) is 0 Å². The first-order valence-corrected chi connectivity index (χ1v) is 10.1. The van der Waals surface area contributed by atoms with Crippen LogP contribution in [0.1, 0.15) is 36.0 Å². The Labute approximate surface area is 160 Å². The van der Waals surface area contributed by atoms with E-state index in [2.05, 4.69) is 30.4 Å². The SMILES string of the molecule is Cc1ccc2c(c1)CC(CC(=O)C1C(=S)CN[C@@H]1C(=O)N1CCCC1)C2. The number of aryl methyl sites for hydroxylation is 1. The maximum absolute atomic E-state index is 13.1. The molecule has 0 saturated carbocycles. The molecule has 1 aromatic rings. The molecule has 2 heterocycles. The van der Waals surface area contributed by atoms with Gasteiger partial charge in [-0.2, -0.15) is 0 Å². The largest absolute Gasteiger partial charge is 0.341 e. The van der Waals surface area contributed by atoms with Crippen LogP contribution >= 0.6 is 12.2 Å². The number of carbonyl (C=O) groups is 2. The van der Waals surface area contributed by atoms with Gasteiger partial charge in [0, 0.05) is 30.9 Å². The zero-order valence-corrected chi connectivity index (χ0v) is 16.1. The number of nitrogens with zero attached hydrogens (tertiary/aromatic N) is 1. The number of nitrogens with one attached hydrogen (secondary N) is 1. The van der Waals surface area contributed by atoms with Crippen molar-refractivity contribution in [3.63, 3.8) is 0 Å². The van der Waals surface area contributed by atoms with Gasteiger partial charge >= 0.3 is 0 Å². The van der Waals surface area contributed by atoms with Crippen LogP contribution in [0.2, 0.25) is 0 Å². The lowest BCUT2D eigenvalue weighted by atomic mass is 9.87. The molecule has 4 rings (SSSR count). The summed E-state index contributed by atoms with van der Waals surface area (Å²) >= 11 is 5.46. The van der Waals surface area contributed by atoms with Gasteiger partial charge in [-0.25, -0.2) is 0 Å². The third kappa shape index (κ3) is 3.35. The highest BCUT2D eigenvalue weighted by Gasteiger charge is 2.43. The third-order valence-electron chi connectivity index (χ3n) is 6.08. The summed E-state index contributed by atoms with van der Waals surface area (Å²) in [7, 11) is 0. The third-order valence-corrected chi connectivity index (χ3v) is 6.47. The monoisotopic (exact) mass is 370 g/mol. The molecular weight excluding hydrogens is 344 g/mol. The van der Waals surface area contributed by atoms with Gasteiger partial charge in [0.15, 0.2) is 0 Å². The number of thiocarbonyl (C=S) groups is 1. The standard InChI is InChI=1S/C21H26N2O2S/c1-13-4-5-15-9-14(10-16(15)8-13)11-17(24)19-18(26)12-22-20(19)21(25)23-6-2-3-7-23/h4-5,8,14,19-20,22H,2-3,6-7,9-12H2,1H3/t14?,19?,20-/m0/s1. The van der Waals surface area contributed by atoms with E-state index in [9.17, 15) is 9.59 Å². The highest BCUT2D eigenvalue weighted by Crippen LogP contribution is 2.31. The van der Waals surface area contributed by atoms with Crippen LogP contribution in [0.5, 0.6) is 0 Å². The van der Waals surface area contributed by atoms with Crippen LogP contribution in [-0.2, 0) is 22.4 Å². The Kier molecular flexibility index (Phi) is 4.93. The smallest absolute Gasteiger partial charge is 0.240 e. The number of hydrogen-bond acceptors (Lipinski definition) is 4. The van der Waals surface area contributed by atoms with E-state index in [4.69, 9.17) is 12.2 Å². The van der Waals surface area contributed by atoms with Crippen molar-refractivity contribution in [3.8, 4) is 0 Å². The molecule has 5 heteroatoms. The number of Topliss-reactive ketones (excluding diaryl/α,β-unsaturated/α-hetero) is 1. The van der Waals surface area contributed by atoms with Crippen molar-refractivity contribution < 1.29 is 9.59 Å². The maximum Gasteiger partial charge on any atom is 0.240 e. The van der Waals surface area contributed by atoms with Crippen molar-refractivity contribution in [3.05, 3.63) is 34.9 Å².